The summed E-state index contributed by atoms with van der Waals surface area (Å²) in [6, 6.07) is 3.02. The van der Waals surface area contributed by atoms with Crippen LogP contribution in [0.25, 0.3) is 5.65 Å². The summed E-state index contributed by atoms with van der Waals surface area (Å²) in [5.74, 6) is -0.815. The molecule has 0 unspecified atom stereocenters. The molecule has 6 nitrogen and oxygen atoms in total. The first-order valence-electron chi connectivity index (χ1n) is 7.63. The van der Waals surface area contributed by atoms with Crippen LogP contribution in [0.5, 0.6) is 0 Å². The van der Waals surface area contributed by atoms with Crippen molar-refractivity contribution in [2.75, 3.05) is 11.9 Å². The molecule has 3 aromatic rings. The van der Waals surface area contributed by atoms with Crippen LogP contribution < -0.4 is 5.32 Å². The third kappa shape index (κ3) is 3.89. The van der Waals surface area contributed by atoms with Crippen molar-refractivity contribution in [3.63, 3.8) is 0 Å². The monoisotopic (exact) mass is 370 g/mol. The minimum absolute atomic E-state index is 0.00531. The van der Waals surface area contributed by atoms with Gasteiger partial charge in [-0.1, -0.05) is 20.8 Å². The molecule has 0 aliphatic carbocycles. The maximum Gasteiger partial charge on any atom is 0.453 e. The molecule has 0 bridgehead atoms. The van der Waals surface area contributed by atoms with E-state index in [2.05, 4.69) is 46.4 Å². The Labute approximate surface area is 146 Å². The predicted molar refractivity (Wildman–Crippen MR) is 88.8 cm³/mol. The van der Waals surface area contributed by atoms with Gasteiger partial charge < -0.3 is 5.32 Å². The fraction of sp³-hybridized carbons (Fsp3) is 0.467. The molecule has 0 spiro atoms. The Hall–Kier alpha value is -2.23. The molecule has 134 valence electrons. The standard InChI is InChI=1S/C15H17F3N6S/c1-14(2,3)13-20-9(8-25-13)6-7-19-10-4-5-11-21-22-12(15(16,17)18)24(11)23-10/h4-5,8H,6-7H2,1-3H3,(H,19,23). The summed E-state index contributed by atoms with van der Waals surface area (Å²) in [5.41, 5.74) is 1.00. The van der Waals surface area contributed by atoms with E-state index in [-0.39, 0.29) is 11.1 Å². The summed E-state index contributed by atoms with van der Waals surface area (Å²) in [5, 5.41) is 16.6. The summed E-state index contributed by atoms with van der Waals surface area (Å²) in [7, 11) is 0. The molecule has 3 heterocycles. The summed E-state index contributed by atoms with van der Waals surface area (Å²) in [6.45, 7) is 6.81. The van der Waals surface area contributed by atoms with Crippen molar-refractivity contribution in [3.8, 4) is 0 Å². The lowest BCUT2D eigenvalue weighted by Crippen LogP contribution is -2.14. The first-order valence-corrected chi connectivity index (χ1v) is 8.51. The Morgan fingerprint density at radius 2 is 1.92 bits per heavy atom. The van der Waals surface area contributed by atoms with E-state index >= 15 is 0 Å². The first-order chi connectivity index (χ1) is 11.6. The summed E-state index contributed by atoms with van der Waals surface area (Å²) < 4.78 is 39.3. The summed E-state index contributed by atoms with van der Waals surface area (Å²) in [4.78, 5) is 4.58. The minimum Gasteiger partial charge on any atom is -0.368 e. The molecule has 0 aromatic carbocycles. The lowest BCUT2D eigenvalue weighted by atomic mass is 9.98. The summed E-state index contributed by atoms with van der Waals surface area (Å²) >= 11 is 1.61. The van der Waals surface area contributed by atoms with E-state index < -0.39 is 12.0 Å². The fourth-order valence-corrected chi connectivity index (χ4v) is 3.09. The van der Waals surface area contributed by atoms with E-state index in [1.165, 1.54) is 6.07 Å². The maximum absolute atomic E-state index is 12.9. The molecule has 0 fully saturated rings. The number of nitrogens with one attached hydrogen (secondary N) is 1. The first kappa shape index (κ1) is 17.6. The second-order valence-corrected chi connectivity index (χ2v) is 7.44. The molecule has 0 amide bonds. The normalized spacial score (nSPS) is 12.7. The van der Waals surface area contributed by atoms with E-state index in [4.69, 9.17) is 0 Å². The van der Waals surface area contributed by atoms with Crippen LogP contribution in [0.15, 0.2) is 17.5 Å². The fourth-order valence-electron chi connectivity index (χ4n) is 2.14. The zero-order valence-electron chi connectivity index (χ0n) is 13.9. The van der Waals surface area contributed by atoms with E-state index in [0.29, 0.717) is 23.3 Å². The zero-order valence-corrected chi connectivity index (χ0v) is 14.7. The van der Waals surface area contributed by atoms with Gasteiger partial charge in [0.25, 0.3) is 5.82 Å². The largest absolute Gasteiger partial charge is 0.453 e. The smallest absolute Gasteiger partial charge is 0.368 e. The van der Waals surface area contributed by atoms with Gasteiger partial charge >= 0.3 is 6.18 Å². The number of anilines is 1. The number of hydrogen-bond acceptors (Lipinski definition) is 6. The lowest BCUT2D eigenvalue weighted by molar-refractivity contribution is -0.146. The molecule has 25 heavy (non-hydrogen) atoms. The van der Waals surface area contributed by atoms with Gasteiger partial charge in [-0.05, 0) is 12.1 Å². The summed E-state index contributed by atoms with van der Waals surface area (Å²) in [6.07, 6.45) is -3.95. The number of nitrogens with zero attached hydrogens (tertiary/aromatic N) is 5. The molecule has 0 radical (unpaired) electrons. The molecule has 0 saturated carbocycles. The highest BCUT2D eigenvalue weighted by atomic mass is 32.1. The molecule has 0 saturated heterocycles. The van der Waals surface area contributed by atoms with Gasteiger partial charge in [-0.25, -0.2) is 4.98 Å². The number of hydrogen-bond donors (Lipinski definition) is 1. The third-order valence-corrected chi connectivity index (χ3v) is 4.71. The highest BCUT2D eigenvalue weighted by molar-refractivity contribution is 7.09. The molecule has 3 aromatic heterocycles. The number of thiazole rings is 1. The predicted octanol–water partition coefficient (Wildman–Crippen LogP) is 3.55. The van der Waals surface area contributed by atoms with Crippen LogP contribution in [-0.4, -0.2) is 31.3 Å². The van der Waals surface area contributed by atoms with Crippen molar-refractivity contribution in [2.45, 2.75) is 38.8 Å². The van der Waals surface area contributed by atoms with Crippen molar-refractivity contribution in [3.05, 3.63) is 34.0 Å². The third-order valence-electron chi connectivity index (χ3n) is 3.40. The molecule has 0 atom stereocenters. The number of halogens is 3. The minimum atomic E-state index is -4.60. The van der Waals surface area contributed by atoms with Gasteiger partial charge in [0.15, 0.2) is 5.65 Å². The second kappa shape index (κ2) is 6.25. The van der Waals surface area contributed by atoms with Crippen molar-refractivity contribution in [1.29, 1.82) is 0 Å². The van der Waals surface area contributed by atoms with Gasteiger partial charge in [-0.2, -0.15) is 17.7 Å². The van der Waals surface area contributed by atoms with Gasteiger partial charge in [0.1, 0.15) is 5.82 Å². The van der Waals surface area contributed by atoms with Crippen molar-refractivity contribution >= 4 is 22.8 Å². The number of alkyl halides is 3. The van der Waals surface area contributed by atoms with Crippen LogP contribution in [0.1, 0.15) is 37.3 Å². The van der Waals surface area contributed by atoms with E-state index in [1.807, 2.05) is 5.38 Å². The molecular formula is C15H17F3N6S. The van der Waals surface area contributed by atoms with Gasteiger partial charge in [0.2, 0.25) is 0 Å². The van der Waals surface area contributed by atoms with Crippen molar-refractivity contribution < 1.29 is 13.2 Å². The number of rotatable bonds is 4. The second-order valence-electron chi connectivity index (χ2n) is 6.58. The highest BCUT2D eigenvalue weighted by Crippen LogP contribution is 2.28. The van der Waals surface area contributed by atoms with Crippen LogP contribution in [0.3, 0.4) is 0 Å². The molecule has 0 aliphatic heterocycles. The Morgan fingerprint density at radius 3 is 2.56 bits per heavy atom. The molecular weight excluding hydrogens is 353 g/mol. The van der Waals surface area contributed by atoms with Crippen LogP contribution in [-0.2, 0) is 18.0 Å². The highest BCUT2D eigenvalue weighted by Gasteiger charge is 2.37. The average Bonchev–Trinajstić information content (AvgIpc) is 3.12. The van der Waals surface area contributed by atoms with Gasteiger partial charge in [-0.15, -0.1) is 26.6 Å². The number of fused-ring (bicyclic) bond motifs is 1. The van der Waals surface area contributed by atoms with Crippen LogP contribution in [0, 0.1) is 0 Å². The molecule has 0 aliphatic rings. The maximum atomic E-state index is 12.9. The van der Waals surface area contributed by atoms with Gasteiger partial charge in [-0.3, -0.25) is 0 Å². The van der Waals surface area contributed by atoms with E-state index in [9.17, 15) is 13.2 Å². The Morgan fingerprint density at radius 1 is 1.16 bits per heavy atom. The van der Waals surface area contributed by atoms with E-state index in [1.54, 1.807) is 17.4 Å². The average molecular weight is 370 g/mol. The van der Waals surface area contributed by atoms with E-state index in [0.717, 1.165) is 10.7 Å². The Bertz CT molecular complexity index is 877. The lowest BCUT2D eigenvalue weighted by Gasteiger charge is -2.13. The van der Waals surface area contributed by atoms with Gasteiger partial charge in [0, 0.05) is 23.8 Å². The SMILES string of the molecule is CC(C)(C)c1nc(CCNc2ccc3nnc(C(F)(F)F)n3n2)cs1. The Kier molecular flexibility index (Phi) is 4.40. The van der Waals surface area contributed by atoms with Crippen molar-refractivity contribution in [1.82, 2.24) is 24.8 Å². The quantitative estimate of drug-likeness (QED) is 0.761. The van der Waals surface area contributed by atoms with Crippen LogP contribution >= 0.6 is 11.3 Å². The van der Waals surface area contributed by atoms with Crippen molar-refractivity contribution in [2.24, 2.45) is 0 Å². The van der Waals surface area contributed by atoms with Crippen LogP contribution in [0.2, 0.25) is 0 Å². The van der Waals surface area contributed by atoms with Gasteiger partial charge in [0.05, 0.1) is 10.7 Å². The molecule has 1 N–H and O–H groups in total. The molecule has 3 rings (SSSR count). The Balaban J connectivity index is 1.68. The molecule has 10 heteroatoms. The zero-order chi connectivity index (χ0) is 18.2. The topological polar surface area (TPSA) is 68.0 Å². The van der Waals surface area contributed by atoms with Crippen LogP contribution in [0.4, 0.5) is 19.0 Å². The number of aromatic nitrogens is 5.